The van der Waals surface area contributed by atoms with Gasteiger partial charge in [0.25, 0.3) is 0 Å². The standard InChI is InChI=1S/C14H19N3O2S/c15-10-5-6-12-13(9-10)17-14(16-12)20(18)8-2-4-11-3-1-7-19-11/h5-6,9,11H,1-4,7-8,15H2,(H,16,17). The van der Waals surface area contributed by atoms with Crippen molar-refractivity contribution in [1.29, 1.82) is 0 Å². The van der Waals surface area contributed by atoms with E-state index < -0.39 is 10.8 Å². The van der Waals surface area contributed by atoms with Gasteiger partial charge in [0.2, 0.25) is 0 Å². The highest BCUT2D eigenvalue weighted by atomic mass is 32.2. The van der Waals surface area contributed by atoms with Crippen molar-refractivity contribution in [3.8, 4) is 0 Å². The van der Waals surface area contributed by atoms with E-state index in [9.17, 15) is 4.21 Å². The molecule has 2 atom stereocenters. The zero-order valence-electron chi connectivity index (χ0n) is 11.3. The Morgan fingerprint density at radius 2 is 2.40 bits per heavy atom. The van der Waals surface area contributed by atoms with Gasteiger partial charge in [-0.2, -0.15) is 0 Å². The first-order valence-electron chi connectivity index (χ1n) is 6.97. The summed E-state index contributed by atoms with van der Waals surface area (Å²) < 4.78 is 17.8. The van der Waals surface area contributed by atoms with Gasteiger partial charge in [0.1, 0.15) is 0 Å². The molecule has 0 radical (unpaired) electrons. The number of fused-ring (bicyclic) bond motifs is 1. The average Bonchev–Trinajstić information content (AvgIpc) is 3.06. The van der Waals surface area contributed by atoms with Crippen LogP contribution in [0.4, 0.5) is 5.69 Å². The summed E-state index contributed by atoms with van der Waals surface area (Å²) in [7, 11) is -1.09. The van der Waals surface area contributed by atoms with Crippen LogP contribution in [0.5, 0.6) is 0 Å². The number of benzene rings is 1. The molecular weight excluding hydrogens is 274 g/mol. The molecule has 1 aliphatic rings. The molecule has 108 valence electrons. The Morgan fingerprint density at radius 1 is 1.50 bits per heavy atom. The van der Waals surface area contributed by atoms with Crippen molar-refractivity contribution in [2.75, 3.05) is 18.1 Å². The molecule has 5 nitrogen and oxygen atoms in total. The van der Waals surface area contributed by atoms with Gasteiger partial charge in [0, 0.05) is 18.0 Å². The third kappa shape index (κ3) is 3.02. The predicted octanol–water partition coefficient (Wildman–Crippen LogP) is 2.21. The number of anilines is 1. The van der Waals surface area contributed by atoms with Crippen LogP contribution >= 0.6 is 0 Å². The van der Waals surface area contributed by atoms with Gasteiger partial charge in [-0.3, -0.25) is 4.21 Å². The smallest absolute Gasteiger partial charge is 0.197 e. The lowest BCUT2D eigenvalue weighted by Gasteiger charge is -2.07. The van der Waals surface area contributed by atoms with Crippen LogP contribution in [0.15, 0.2) is 23.4 Å². The molecule has 0 amide bonds. The maximum atomic E-state index is 12.2. The van der Waals surface area contributed by atoms with Crippen molar-refractivity contribution in [1.82, 2.24) is 9.97 Å². The number of hydrogen-bond donors (Lipinski definition) is 2. The lowest BCUT2D eigenvalue weighted by Crippen LogP contribution is -2.08. The van der Waals surface area contributed by atoms with E-state index in [1.54, 1.807) is 6.07 Å². The van der Waals surface area contributed by atoms with Crippen LogP contribution in [0, 0.1) is 0 Å². The molecule has 20 heavy (non-hydrogen) atoms. The maximum absolute atomic E-state index is 12.2. The molecule has 2 unspecified atom stereocenters. The zero-order chi connectivity index (χ0) is 13.9. The molecule has 1 aliphatic heterocycles. The van der Waals surface area contributed by atoms with Crippen LogP contribution in [-0.2, 0) is 15.5 Å². The Morgan fingerprint density at radius 3 is 3.20 bits per heavy atom. The number of aromatic amines is 1. The summed E-state index contributed by atoms with van der Waals surface area (Å²) in [5.41, 5.74) is 8.05. The van der Waals surface area contributed by atoms with Crippen molar-refractivity contribution >= 4 is 27.5 Å². The highest BCUT2D eigenvalue weighted by molar-refractivity contribution is 7.84. The number of ether oxygens (including phenoxy) is 1. The molecule has 0 spiro atoms. The Labute approximate surface area is 120 Å². The third-order valence-corrected chi connectivity index (χ3v) is 4.86. The van der Waals surface area contributed by atoms with E-state index in [0.717, 1.165) is 43.3 Å². The molecule has 3 rings (SSSR count). The van der Waals surface area contributed by atoms with Crippen LogP contribution in [0.2, 0.25) is 0 Å². The lowest BCUT2D eigenvalue weighted by atomic mass is 10.1. The first-order valence-corrected chi connectivity index (χ1v) is 8.29. The second-order valence-corrected chi connectivity index (χ2v) is 6.63. The zero-order valence-corrected chi connectivity index (χ0v) is 12.1. The number of hydrogen-bond acceptors (Lipinski definition) is 4. The molecule has 1 aromatic carbocycles. The minimum absolute atomic E-state index is 0.363. The van der Waals surface area contributed by atoms with Crippen LogP contribution in [0.3, 0.4) is 0 Å². The van der Waals surface area contributed by atoms with Gasteiger partial charge in [0.15, 0.2) is 5.16 Å². The number of nitrogens with one attached hydrogen (secondary N) is 1. The Kier molecular flexibility index (Phi) is 4.03. The summed E-state index contributed by atoms with van der Waals surface area (Å²) in [6.45, 7) is 0.874. The minimum Gasteiger partial charge on any atom is -0.399 e. The van der Waals surface area contributed by atoms with E-state index in [2.05, 4.69) is 9.97 Å². The molecule has 0 bridgehead atoms. The first-order chi connectivity index (χ1) is 9.72. The van der Waals surface area contributed by atoms with Crippen molar-refractivity contribution in [3.05, 3.63) is 18.2 Å². The fraction of sp³-hybridized carbons (Fsp3) is 0.500. The summed E-state index contributed by atoms with van der Waals surface area (Å²) in [5.74, 6) is 0.620. The monoisotopic (exact) mass is 293 g/mol. The molecule has 1 aromatic heterocycles. The summed E-state index contributed by atoms with van der Waals surface area (Å²) in [6, 6.07) is 5.46. The van der Waals surface area contributed by atoms with Gasteiger partial charge >= 0.3 is 0 Å². The van der Waals surface area contributed by atoms with Crippen molar-refractivity contribution in [2.24, 2.45) is 0 Å². The van der Waals surface area contributed by atoms with E-state index in [4.69, 9.17) is 10.5 Å². The maximum Gasteiger partial charge on any atom is 0.197 e. The van der Waals surface area contributed by atoms with Gasteiger partial charge in [-0.25, -0.2) is 4.98 Å². The Hall–Kier alpha value is -1.40. The van der Waals surface area contributed by atoms with Crippen LogP contribution in [-0.4, -0.2) is 32.6 Å². The third-order valence-electron chi connectivity index (χ3n) is 3.58. The van der Waals surface area contributed by atoms with Gasteiger partial charge in [-0.1, -0.05) is 0 Å². The molecular formula is C14H19N3O2S. The number of nitrogen functional groups attached to an aromatic ring is 1. The highest BCUT2D eigenvalue weighted by Gasteiger charge is 2.16. The Balaban J connectivity index is 1.60. The summed E-state index contributed by atoms with van der Waals surface area (Å²) >= 11 is 0. The number of nitrogens with two attached hydrogens (primary N) is 1. The van der Waals surface area contributed by atoms with Gasteiger partial charge in [-0.15, -0.1) is 0 Å². The molecule has 3 N–H and O–H groups in total. The second-order valence-electron chi connectivity index (χ2n) is 5.15. The molecule has 0 aliphatic carbocycles. The van der Waals surface area contributed by atoms with E-state index in [1.807, 2.05) is 12.1 Å². The van der Waals surface area contributed by atoms with Crippen molar-refractivity contribution in [3.63, 3.8) is 0 Å². The minimum atomic E-state index is -1.09. The quantitative estimate of drug-likeness (QED) is 0.828. The van der Waals surface area contributed by atoms with E-state index in [0.29, 0.717) is 22.7 Å². The fourth-order valence-electron chi connectivity index (χ4n) is 2.52. The number of nitrogens with zero attached hydrogens (tertiary/aromatic N) is 1. The first kappa shape index (κ1) is 13.6. The molecule has 0 saturated carbocycles. The van der Waals surface area contributed by atoms with Crippen molar-refractivity contribution < 1.29 is 8.95 Å². The second kappa shape index (κ2) is 5.93. The average molecular weight is 293 g/mol. The molecule has 2 aromatic rings. The summed E-state index contributed by atoms with van der Waals surface area (Å²) in [4.78, 5) is 7.45. The Bertz CT molecular complexity index is 620. The molecule has 6 heteroatoms. The number of imidazole rings is 1. The SMILES string of the molecule is Nc1ccc2nc(S(=O)CCCC3CCCO3)[nH]c2c1. The number of H-pyrrole nitrogens is 1. The van der Waals surface area contributed by atoms with E-state index in [-0.39, 0.29) is 0 Å². The van der Waals surface area contributed by atoms with Gasteiger partial charge in [-0.05, 0) is 43.9 Å². The van der Waals surface area contributed by atoms with E-state index >= 15 is 0 Å². The highest BCUT2D eigenvalue weighted by Crippen LogP contribution is 2.19. The molecule has 1 fully saturated rings. The lowest BCUT2D eigenvalue weighted by molar-refractivity contribution is 0.104. The predicted molar refractivity (Wildman–Crippen MR) is 80.0 cm³/mol. The fourth-order valence-corrected chi connectivity index (χ4v) is 3.57. The van der Waals surface area contributed by atoms with Crippen molar-refractivity contribution in [2.45, 2.75) is 36.9 Å². The normalized spacial score (nSPS) is 20.5. The van der Waals surface area contributed by atoms with Gasteiger partial charge in [0.05, 0.1) is 27.9 Å². The topological polar surface area (TPSA) is 81.0 Å². The number of rotatable bonds is 5. The van der Waals surface area contributed by atoms with Crippen LogP contribution < -0.4 is 5.73 Å². The number of aromatic nitrogens is 2. The molecule has 1 saturated heterocycles. The van der Waals surface area contributed by atoms with E-state index in [1.165, 1.54) is 0 Å². The summed E-state index contributed by atoms with van der Waals surface area (Å²) in [6.07, 6.45) is 4.53. The van der Waals surface area contributed by atoms with Crippen LogP contribution in [0.25, 0.3) is 11.0 Å². The largest absolute Gasteiger partial charge is 0.399 e. The molecule has 2 heterocycles. The van der Waals surface area contributed by atoms with Crippen LogP contribution in [0.1, 0.15) is 25.7 Å². The summed E-state index contributed by atoms with van der Waals surface area (Å²) in [5, 5.41) is 0.540. The van der Waals surface area contributed by atoms with Gasteiger partial charge < -0.3 is 15.5 Å².